The Labute approximate surface area is 453 Å². The summed E-state index contributed by atoms with van der Waals surface area (Å²) in [5.41, 5.74) is -29.1. The third kappa shape index (κ3) is 22.8. The van der Waals surface area contributed by atoms with Gasteiger partial charge in [0.2, 0.25) is 0 Å². The van der Waals surface area contributed by atoms with Crippen LogP contribution in [0.3, 0.4) is 0 Å². The lowest BCUT2D eigenvalue weighted by atomic mass is 10.7. The number of hydrogen-bond acceptors (Lipinski definition) is 18. The van der Waals surface area contributed by atoms with Gasteiger partial charge in [0.1, 0.15) is 76.4 Å². The van der Waals surface area contributed by atoms with E-state index in [1.54, 1.807) is 0 Å². The topological polar surface area (TPSA) is 276 Å². The van der Waals surface area contributed by atoms with Crippen molar-refractivity contribution in [1.82, 2.24) is 13.7 Å². The van der Waals surface area contributed by atoms with Crippen molar-refractivity contribution in [3.05, 3.63) is 28.5 Å². The minimum Gasteiger partial charge on any atom is -0.421 e. The van der Waals surface area contributed by atoms with Crippen LogP contribution in [0.1, 0.15) is 0 Å². The van der Waals surface area contributed by atoms with E-state index in [9.17, 15) is 130 Å². The van der Waals surface area contributed by atoms with Crippen LogP contribution in [0.5, 0.6) is 0 Å². The van der Waals surface area contributed by atoms with Crippen LogP contribution in [0.4, 0.5) is 113 Å². The first-order valence-corrected chi connectivity index (χ1v) is 28.7. The van der Waals surface area contributed by atoms with Crippen LogP contribution in [0, 0.1) is 0 Å². The minimum atomic E-state index is -6.72. The second kappa shape index (κ2) is 26.9. The normalized spacial score (nSPS) is 13.2. The second-order valence-corrected chi connectivity index (χ2v) is 27.2. The predicted octanol–water partition coefficient (Wildman–Crippen LogP) is 2.36. The molecule has 0 saturated carbocycles. The molecule has 3 aromatic carbocycles. The van der Waals surface area contributed by atoms with Gasteiger partial charge in [0.15, 0.2) is 60.1 Å². The lowest BCUT2D eigenvalue weighted by Crippen LogP contribution is -2.30. The van der Waals surface area contributed by atoms with E-state index >= 15 is 0 Å². The van der Waals surface area contributed by atoms with Crippen LogP contribution in [-0.2, 0) is 60.1 Å². The van der Waals surface area contributed by atoms with Gasteiger partial charge in [0.05, 0.1) is 0 Å². The molecule has 48 heteroatoms. The number of sulfonamides is 6. The Morgan fingerprint density at radius 3 is 0.370 bits per heavy atom. The van der Waals surface area contributed by atoms with E-state index in [-0.39, 0.29) is 0 Å². The molecule has 480 valence electrons. The molecule has 0 fully saturated rings. The number of halogens is 18. The average Bonchev–Trinajstić information content (AvgIpc) is 4.07. The van der Waals surface area contributed by atoms with Gasteiger partial charge in [0, 0.05) is 84.6 Å². The minimum absolute atomic E-state index is 0.778. The van der Waals surface area contributed by atoms with Gasteiger partial charge in [-0.3, -0.25) is 0 Å². The van der Waals surface area contributed by atoms with Crippen molar-refractivity contribution >= 4 is 94.3 Å². The maximum Gasteiger partial charge on any atom is 0.480 e. The van der Waals surface area contributed by atoms with Gasteiger partial charge >= 0.3 is 33.0 Å². The lowest BCUT2D eigenvalue weighted by Gasteiger charge is -2.22. The van der Waals surface area contributed by atoms with Crippen molar-refractivity contribution in [2.45, 2.75) is 33.0 Å². The summed E-state index contributed by atoms with van der Waals surface area (Å²) in [7, 11) is -2.91. The van der Waals surface area contributed by atoms with Crippen LogP contribution in [0.25, 0.3) is 12.4 Å². The highest BCUT2D eigenvalue weighted by Crippen LogP contribution is 2.39. The fourth-order valence-electron chi connectivity index (χ4n) is 4.93. The summed E-state index contributed by atoms with van der Waals surface area (Å²) in [5, 5.41) is 4.06. The van der Waals surface area contributed by atoms with Crippen molar-refractivity contribution in [2.24, 2.45) is 0 Å². The molecule has 3 aromatic rings. The zero-order valence-corrected chi connectivity index (χ0v) is 49.9. The molecule has 0 aliphatic carbocycles. The van der Waals surface area contributed by atoms with Gasteiger partial charge in [-0.2, -0.15) is 79.0 Å². The highest BCUT2D eigenvalue weighted by atomic mass is 32.3. The van der Waals surface area contributed by atoms with E-state index in [4.69, 9.17) is 0 Å². The fourth-order valence-corrected chi connectivity index (χ4v) is 10.1. The van der Waals surface area contributed by atoms with Crippen molar-refractivity contribution in [3.63, 3.8) is 0 Å². The molecular formula is C33H54F18N12O12S6. The highest BCUT2D eigenvalue weighted by molar-refractivity contribution is 8.14. The summed E-state index contributed by atoms with van der Waals surface area (Å²) in [5.74, 6) is 0. The molecule has 0 aliphatic heterocycles. The molecular weight excluding hydrogens is 1290 g/mol. The molecule has 0 aromatic heterocycles. The van der Waals surface area contributed by atoms with Gasteiger partial charge in [-0.15, -0.1) is 0 Å². The molecule has 0 amide bonds. The Morgan fingerprint density at radius 2 is 0.333 bits per heavy atom. The van der Waals surface area contributed by atoms with E-state index in [1.165, 1.54) is 50.2 Å². The predicted molar refractivity (Wildman–Crippen MR) is 264 cm³/mol. The third-order valence-electron chi connectivity index (χ3n) is 8.20. The molecule has 0 unspecified atom stereocenters. The third-order valence-corrected chi connectivity index (χ3v) is 16.4. The molecule has 0 saturated heterocycles. The summed E-state index contributed by atoms with van der Waals surface area (Å²) in [6.07, 6.45) is 0. The number of rotatable bonds is 12. The molecule has 0 radical (unpaired) electrons. The zero-order chi connectivity index (χ0) is 66.5. The monoisotopic (exact) mass is 1340 g/mol. The highest BCUT2D eigenvalue weighted by Gasteiger charge is 2.49. The quantitative estimate of drug-likeness (QED) is 0.186. The SMILES string of the molecule is CN(C)c1c(N(C)C)c1=[N+](C)C.CN(C)c1c(N(C)C)c1=[N+](C)C.CN(C)c1c(N(C)C)c1=[N+](C)C.O=S(=O)([N-]S(=O)(=O)C(F)(F)F)C(F)(F)F.O=S(=O)([N-]S(=O)(=O)C(F)(F)F)C(F)(F)F.O=S(=O)([N-]S(=O)(=O)C(F)(F)F)C(F)(F)F. The van der Waals surface area contributed by atoms with E-state index in [1.807, 2.05) is 0 Å². The fraction of sp³-hybridized carbons (Fsp3) is 0.727. The Bertz CT molecular complexity index is 2820. The second-order valence-electron chi connectivity index (χ2n) is 16.9. The van der Waals surface area contributed by atoms with Crippen LogP contribution < -0.4 is 59.2 Å². The van der Waals surface area contributed by atoms with Crippen LogP contribution in [-0.4, -0.2) is 210 Å². The van der Waals surface area contributed by atoms with Gasteiger partial charge in [-0.05, 0) is 0 Å². The molecule has 81 heavy (non-hydrogen) atoms. The first-order chi connectivity index (χ1) is 35.0. The summed E-state index contributed by atoms with van der Waals surface area (Å²) in [4.78, 5) is 12.9. The smallest absolute Gasteiger partial charge is 0.421 e. The molecule has 24 nitrogen and oxygen atoms in total. The Morgan fingerprint density at radius 1 is 0.247 bits per heavy atom. The van der Waals surface area contributed by atoms with Gasteiger partial charge in [-0.25, -0.2) is 64.2 Å². The summed E-state index contributed by atoms with van der Waals surface area (Å²) >= 11 is 0. The van der Waals surface area contributed by atoms with E-state index in [2.05, 4.69) is 170 Å². The largest absolute Gasteiger partial charge is 0.480 e. The summed E-state index contributed by atoms with van der Waals surface area (Å²) < 4.78 is 334. The van der Waals surface area contributed by atoms with E-state index in [0.29, 0.717) is 0 Å². The standard InChI is InChI=1S/3C9H18N3.3C2F6NO4S2/c3*1-10(2)7-8(11(3)4)9(7)12(5)6;3*3-1(4,5)14(10,11)9-15(12,13)2(6,7)8/h3*1-6H3;;;/q3*+1;3*-1. The van der Waals surface area contributed by atoms with Crippen LogP contribution in [0.15, 0.2) is 0 Å². The van der Waals surface area contributed by atoms with Crippen LogP contribution >= 0.6 is 0 Å². The van der Waals surface area contributed by atoms with Crippen molar-refractivity contribution < 1.29 is 130 Å². The lowest BCUT2D eigenvalue weighted by molar-refractivity contribution is -0.0456. The first-order valence-electron chi connectivity index (χ1n) is 20.0. The van der Waals surface area contributed by atoms with Crippen molar-refractivity contribution in [2.75, 3.05) is 156 Å². The maximum absolute atomic E-state index is 11.4. The molecule has 0 bridgehead atoms. The van der Waals surface area contributed by atoms with Gasteiger partial charge in [-0.1, -0.05) is 0 Å². The first kappa shape index (κ1) is 80.6. The number of nitrogens with zero attached hydrogens (tertiary/aromatic N) is 12. The molecule has 0 heterocycles. The molecule has 0 spiro atoms. The number of alkyl halides is 18. The van der Waals surface area contributed by atoms with Crippen LogP contribution in [0.2, 0.25) is 0 Å². The molecule has 0 atom stereocenters. The van der Waals surface area contributed by atoms with Gasteiger partial charge in [0.25, 0.3) is 16.1 Å². The Balaban J connectivity index is -0.000000903. The molecule has 0 aliphatic rings. The van der Waals surface area contributed by atoms with E-state index < -0.39 is 93.2 Å². The number of hydrogen-bond donors (Lipinski definition) is 0. The molecule has 0 N–H and O–H groups in total. The van der Waals surface area contributed by atoms with Crippen molar-refractivity contribution in [3.8, 4) is 0 Å². The number of anilines is 6. The maximum atomic E-state index is 11.4. The van der Waals surface area contributed by atoms with E-state index in [0.717, 1.165) is 12.4 Å². The molecule has 3 rings (SSSR count). The Kier molecular flexibility index (Phi) is 26.8. The van der Waals surface area contributed by atoms with Gasteiger partial charge < -0.3 is 41.8 Å². The zero-order valence-electron chi connectivity index (χ0n) is 45.0. The Hall–Kier alpha value is -4.65. The average molecular weight is 1350 g/mol. The summed E-state index contributed by atoms with van der Waals surface area (Å²) in [6.45, 7) is 0. The van der Waals surface area contributed by atoms with Crippen molar-refractivity contribution in [1.29, 1.82) is 0 Å². The summed E-state index contributed by atoms with van der Waals surface area (Å²) in [6, 6.07) is 0.